The molecule has 3 aliphatic rings. The van der Waals surface area contributed by atoms with Gasteiger partial charge in [-0.15, -0.1) is 0 Å². The maximum Gasteiger partial charge on any atom is 0.274 e. The van der Waals surface area contributed by atoms with Gasteiger partial charge in [0.05, 0.1) is 5.52 Å². The molecule has 2 fully saturated rings. The van der Waals surface area contributed by atoms with Crippen LogP contribution in [-0.2, 0) is 4.79 Å². The lowest BCUT2D eigenvalue weighted by Gasteiger charge is -2.29. The number of nitrogens with two attached hydrogens (primary N) is 1. The SMILES string of the molecule is NC1CCN(C(=O)c2n[nH]c3ccc(-c4cnc5[nH]c(C6=CCN(C(=O)C7CC7)C6)cc5c4)cc23)CC1. The average molecular weight is 496 g/mol. The molecule has 37 heavy (non-hydrogen) atoms. The molecule has 1 aromatic carbocycles. The third-order valence-electron chi connectivity index (χ3n) is 7.90. The number of fused-ring (bicyclic) bond motifs is 2. The normalized spacial score (nSPS) is 18.7. The number of likely N-dealkylation sites (tertiary alicyclic amines) is 1. The minimum Gasteiger partial charge on any atom is -0.339 e. The summed E-state index contributed by atoms with van der Waals surface area (Å²) in [4.78, 5) is 37.5. The zero-order valence-corrected chi connectivity index (χ0v) is 20.5. The van der Waals surface area contributed by atoms with E-state index < -0.39 is 0 Å². The van der Waals surface area contributed by atoms with E-state index in [-0.39, 0.29) is 23.8 Å². The summed E-state index contributed by atoms with van der Waals surface area (Å²) in [5, 5.41) is 9.17. The quantitative estimate of drug-likeness (QED) is 0.401. The molecule has 9 heteroatoms. The molecule has 0 spiro atoms. The number of amides is 2. The molecule has 0 unspecified atom stereocenters. The summed E-state index contributed by atoms with van der Waals surface area (Å²) in [6, 6.07) is 10.4. The van der Waals surface area contributed by atoms with Crippen LogP contribution in [0.4, 0.5) is 0 Å². The number of aromatic nitrogens is 4. The molecule has 0 atom stereocenters. The van der Waals surface area contributed by atoms with E-state index in [0.29, 0.717) is 31.9 Å². The van der Waals surface area contributed by atoms with Gasteiger partial charge >= 0.3 is 0 Å². The molecule has 9 nitrogen and oxygen atoms in total. The Bertz CT molecular complexity index is 1570. The number of hydrogen-bond acceptors (Lipinski definition) is 5. The predicted molar refractivity (Wildman–Crippen MR) is 142 cm³/mol. The van der Waals surface area contributed by atoms with Crippen LogP contribution in [0.3, 0.4) is 0 Å². The van der Waals surface area contributed by atoms with Crippen molar-refractivity contribution in [1.29, 1.82) is 0 Å². The minimum absolute atomic E-state index is 0.0572. The number of aromatic amines is 2. The maximum atomic E-state index is 13.2. The van der Waals surface area contributed by atoms with Crippen LogP contribution in [-0.4, -0.2) is 74.0 Å². The van der Waals surface area contributed by atoms with Gasteiger partial charge in [0.1, 0.15) is 5.65 Å². The molecule has 3 aromatic heterocycles. The van der Waals surface area contributed by atoms with Crippen molar-refractivity contribution in [2.75, 3.05) is 26.2 Å². The smallest absolute Gasteiger partial charge is 0.274 e. The Morgan fingerprint density at radius 1 is 1.00 bits per heavy atom. The Hall–Kier alpha value is -3.98. The van der Waals surface area contributed by atoms with Crippen LogP contribution in [0, 0.1) is 5.92 Å². The Kier molecular flexibility index (Phi) is 5.14. The van der Waals surface area contributed by atoms with Gasteiger partial charge in [-0.25, -0.2) is 4.98 Å². The Morgan fingerprint density at radius 3 is 2.65 bits per heavy atom. The van der Waals surface area contributed by atoms with Gasteiger partial charge in [-0.3, -0.25) is 14.7 Å². The van der Waals surface area contributed by atoms with Gasteiger partial charge < -0.3 is 20.5 Å². The van der Waals surface area contributed by atoms with Gasteiger partial charge in [0.2, 0.25) is 5.91 Å². The molecule has 2 amide bonds. The van der Waals surface area contributed by atoms with Crippen molar-refractivity contribution in [3.8, 4) is 11.1 Å². The van der Waals surface area contributed by atoms with Gasteiger partial charge in [-0.2, -0.15) is 5.10 Å². The van der Waals surface area contributed by atoms with E-state index in [2.05, 4.69) is 38.4 Å². The van der Waals surface area contributed by atoms with E-state index in [1.807, 2.05) is 34.2 Å². The van der Waals surface area contributed by atoms with Crippen LogP contribution in [0.1, 0.15) is 41.9 Å². The molecule has 1 saturated heterocycles. The van der Waals surface area contributed by atoms with E-state index in [0.717, 1.165) is 70.0 Å². The second kappa shape index (κ2) is 8.55. The Balaban J connectivity index is 1.15. The molecule has 1 saturated carbocycles. The summed E-state index contributed by atoms with van der Waals surface area (Å²) in [5.41, 5.74) is 12.2. The molecular formula is C28H29N7O2. The number of benzene rings is 1. The first-order valence-corrected chi connectivity index (χ1v) is 13.0. The van der Waals surface area contributed by atoms with Gasteiger partial charge in [-0.1, -0.05) is 12.1 Å². The first-order valence-electron chi connectivity index (χ1n) is 13.0. The molecule has 1 aliphatic carbocycles. The number of pyridine rings is 1. The van der Waals surface area contributed by atoms with Crippen molar-refractivity contribution < 1.29 is 9.59 Å². The number of H-pyrrole nitrogens is 2. The summed E-state index contributed by atoms with van der Waals surface area (Å²) in [7, 11) is 0. The second-order valence-corrected chi connectivity index (χ2v) is 10.5. The van der Waals surface area contributed by atoms with Gasteiger partial charge in [0.25, 0.3) is 5.91 Å². The highest BCUT2D eigenvalue weighted by atomic mass is 16.2. The highest BCUT2D eigenvalue weighted by Gasteiger charge is 2.35. The number of nitrogens with one attached hydrogen (secondary N) is 2. The zero-order valence-electron chi connectivity index (χ0n) is 20.5. The Labute approximate surface area is 213 Å². The summed E-state index contributed by atoms with van der Waals surface area (Å²) in [5.74, 6) is 0.457. The third-order valence-corrected chi connectivity index (χ3v) is 7.90. The first kappa shape index (κ1) is 22.2. The summed E-state index contributed by atoms with van der Waals surface area (Å²) < 4.78 is 0. The molecular weight excluding hydrogens is 466 g/mol. The van der Waals surface area contributed by atoms with E-state index >= 15 is 0 Å². The second-order valence-electron chi connectivity index (χ2n) is 10.5. The number of piperidine rings is 1. The summed E-state index contributed by atoms with van der Waals surface area (Å²) >= 11 is 0. The molecule has 4 N–H and O–H groups in total. The fourth-order valence-corrected chi connectivity index (χ4v) is 5.46. The lowest BCUT2D eigenvalue weighted by Crippen LogP contribution is -2.43. The predicted octanol–water partition coefficient (Wildman–Crippen LogP) is 3.31. The van der Waals surface area contributed by atoms with Crippen molar-refractivity contribution >= 4 is 39.3 Å². The van der Waals surface area contributed by atoms with E-state index in [1.54, 1.807) is 0 Å². The van der Waals surface area contributed by atoms with E-state index in [9.17, 15) is 9.59 Å². The van der Waals surface area contributed by atoms with Crippen LogP contribution in [0.2, 0.25) is 0 Å². The van der Waals surface area contributed by atoms with Crippen molar-refractivity contribution in [3.63, 3.8) is 0 Å². The number of nitrogens with zero attached hydrogens (tertiary/aromatic N) is 4. The molecule has 7 rings (SSSR count). The molecule has 2 aliphatic heterocycles. The molecule has 0 bridgehead atoms. The third kappa shape index (κ3) is 3.99. The van der Waals surface area contributed by atoms with Crippen molar-refractivity contribution in [3.05, 3.63) is 54.0 Å². The van der Waals surface area contributed by atoms with E-state index in [4.69, 9.17) is 5.73 Å². The van der Waals surface area contributed by atoms with Crippen LogP contribution >= 0.6 is 0 Å². The number of carbonyl (C=O) groups excluding carboxylic acids is 2. The monoisotopic (exact) mass is 495 g/mol. The molecule has 0 radical (unpaired) electrons. The number of carbonyl (C=O) groups is 2. The van der Waals surface area contributed by atoms with Crippen LogP contribution < -0.4 is 5.73 Å². The highest BCUT2D eigenvalue weighted by Crippen LogP contribution is 2.34. The van der Waals surface area contributed by atoms with Gasteiger partial charge in [0, 0.05) is 66.4 Å². The van der Waals surface area contributed by atoms with Gasteiger partial charge in [0.15, 0.2) is 5.69 Å². The van der Waals surface area contributed by atoms with Gasteiger partial charge in [-0.05, 0) is 61.1 Å². The van der Waals surface area contributed by atoms with Crippen molar-refractivity contribution in [2.45, 2.75) is 31.7 Å². The highest BCUT2D eigenvalue weighted by molar-refractivity contribution is 6.05. The van der Waals surface area contributed by atoms with Crippen molar-refractivity contribution in [2.24, 2.45) is 11.7 Å². The Morgan fingerprint density at radius 2 is 1.84 bits per heavy atom. The molecule has 188 valence electrons. The van der Waals surface area contributed by atoms with Crippen LogP contribution in [0.25, 0.3) is 38.6 Å². The largest absolute Gasteiger partial charge is 0.339 e. The maximum absolute atomic E-state index is 13.2. The fourth-order valence-electron chi connectivity index (χ4n) is 5.46. The standard InChI is InChI=1S/C28H29N7O2/c29-21-6-9-34(10-7-21)28(37)25-22-12-17(3-4-23(22)32-33-25)20-11-19-13-24(31-26(19)30-14-20)18-5-8-35(15-18)27(36)16-1-2-16/h3-5,11-14,16,21H,1-2,6-10,15,29H2,(H,30,31)(H,32,33). The van der Waals surface area contributed by atoms with E-state index in [1.165, 1.54) is 0 Å². The molecule has 4 aromatic rings. The number of hydrogen-bond donors (Lipinski definition) is 3. The van der Waals surface area contributed by atoms with Crippen LogP contribution in [0.15, 0.2) is 42.6 Å². The first-order chi connectivity index (χ1) is 18.0. The summed E-state index contributed by atoms with van der Waals surface area (Å²) in [6.45, 7) is 2.64. The summed E-state index contributed by atoms with van der Waals surface area (Å²) in [6.07, 6.45) is 7.66. The average Bonchev–Trinajstić information content (AvgIpc) is 3.31. The fraction of sp³-hybridized carbons (Fsp3) is 0.357. The van der Waals surface area contributed by atoms with Crippen LogP contribution in [0.5, 0.6) is 0 Å². The molecule has 5 heterocycles. The van der Waals surface area contributed by atoms with Crippen molar-refractivity contribution in [1.82, 2.24) is 30.0 Å². The lowest BCUT2D eigenvalue weighted by molar-refractivity contribution is -0.131. The number of rotatable bonds is 4. The minimum atomic E-state index is -0.0572. The lowest BCUT2D eigenvalue weighted by atomic mass is 10.0. The zero-order chi connectivity index (χ0) is 25.1. The topological polar surface area (TPSA) is 124 Å².